The van der Waals surface area contributed by atoms with E-state index < -0.39 is 0 Å². The van der Waals surface area contributed by atoms with Crippen LogP contribution in [0, 0.1) is 12.3 Å². The number of carbonyl (C=O) groups is 2. The first-order valence-corrected chi connectivity index (χ1v) is 9.32. The Balaban J connectivity index is 1.89. The third-order valence-corrected chi connectivity index (χ3v) is 5.41. The SMILES string of the molecule is C#CCOC(=O)N1CCC(c2nc(C(=O)NN(C)C(=S)NC)cs2)CC1. The number of amides is 2. The number of likely N-dealkylation sites (tertiary alicyclic amines) is 1. The van der Waals surface area contributed by atoms with Crippen LogP contribution < -0.4 is 10.7 Å². The highest BCUT2D eigenvalue weighted by Gasteiger charge is 2.27. The average molecular weight is 396 g/mol. The van der Waals surface area contributed by atoms with Crippen LogP contribution in [0.5, 0.6) is 0 Å². The van der Waals surface area contributed by atoms with Gasteiger partial charge in [-0.2, -0.15) is 0 Å². The van der Waals surface area contributed by atoms with Crippen LogP contribution >= 0.6 is 23.6 Å². The molecule has 1 aromatic rings. The van der Waals surface area contributed by atoms with Crippen molar-refractivity contribution in [3.05, 3.63) is 16.1 Å². The summed E-state index contributed by atoms with van der Waals surface area (Å²) in [5.74, 6) is 2.18. The third-order valence-electron chi connectivity index (χ3n) is 3.92. The van der Waals surface area contributed by atoms with E-state index in [4.69, 9.17) is 23.4 Å². The van der Waals surface area contributed by atoms with E-state index in [1.54, 1.807) is 24.4 Å². The lowest BCUT2D eigenvalue weighted by molar-refractivity contribution is 0.0882. The topological polar surface area (TPSA) is 86.8 Å². The molecule has 0 radical (unpaired) electrons. The number of rotatable bonds is 3. The maximum Gasteiger partial charge on any atom is 0.410 e. The second kappa shape index (κ2) is 9.35. The number of hydrazine groups is 1. The molecule has 2 N–H and O–H groups in total. The highest BCUT2D eigenvalue weighted by Crippen LogP contribution is 2.30. The van der Waals surface area contributed by atoms with Gasteiger partial charge in [-0.15, -0.1) is 17.8 Å². The number of nitrogens with zero attached hydrogens (tertiary/aromatic N) is 3. The van der Waals surface area contributed by atoms with E-state index in [0.717, 1.165) is 17.8 Å². The normalized spacial score (nSPS) is 14.3. The number of nitrogens with one attached hydrogen (secondary N) is 2. The highest BCUT2D eigenvalue weighted by atomic mass is 32.1. The molecule has 0 unspecified atom stereocenters. The number of piperidine rings is 1. The van der Waals surface area contributed by atoms with Gasteiger partial charge in [0, 0.05) is 38.5 Å². The number of terminal acetylenes is 1. The summed E-state index contributed by atoms with van der Waals surface area (Å²) in [7, 11) is 3.33. The van der Waals surface area contributed by atoms with E-state index in [9.17, 15) is 9.59 Å². The first-order valence-electron chi connectivity index (χ1n) is 8.03. The Bertz CT molecular complexity index is 707. The summed E-state index contributed by atoms with van der Waals surface area (Å²) in [4.78, 5) is 30.1. The standard InChI is InChI=1S/C16H21N5O3S2/c1-4-9-24-16(23)21-7-5-11(6-8-21)14-18-12(10-26-14)13(22)19-20(3)15(25)17-2/h1,10-11H,5-9H2,2-3H3,(H,17,25)(H,19,22). The summed E-state index contributed by atoms with van der Waals surface area (Å²) in [6, 6.07) is 0. The van der Waals surface area contributed by atoms with Crippen LogP contribution in [0.15, 0.2) is 5.38 Å². The van der Waals surface area contributed by atoms with Gasteiger partial charge < -0.3 is 15.0 Å². The van der Waals surface area contributed by atoms with Gasteiger partial charge in [0.2, 0.25) is 0 Å². The summed E-state index contributed by atoms with van der Waals surface area (Å²) in [5.41, 5.74) is 3.01. The van der Waals surface area contributed by atoms with E-state index in [1.165, 1.54) is 16.3 Å². The van der Waals surface area contributed by atoms with Crippen molar-refractivity contribution < 1.29 is 14.3 Å². The van der Waals surface area contributed by atoms with E-state index in [-0.39, 0.29) is 24.5 Å². The van der Waals surface area contributed by atoms with Gasteiger partial charge in [-0.3, -0.25) is 15.2 Å². The minimum absolute atomic E-state index is 0.0187. The molecule has 10 heteroatoms. The molecule has 1 aliphatic rings. The summed E-state index contributed by atoms with van der Waals surface area (Å²) in [5, 5.41) is 7.23. The Morgan fingerprint density at radius 3 is 2.85 bits per heavy atom. The van der Waals surface area contributed by atoms with Crippen molar-refractivity contribution in [2.75, 3.05) is 33.8 Å². The fourth-order valence-electron chi connectivity index (χ4n) is 2.51. The molecule has 1 aromatic heterocycles. The van der Waals surface area contributed by atoms with Gasteiger partial charge in [0.1, 0.15) is 5.69 Å². The molecular formula is C16H21N5O3S2. The maximum atomic E-state index is 12.2. The molecule has 1 saturated heterocycles. The van der Waals surface area contributed by atoms with E-state index in [2.05, 4.69) is 21.6 Å². The number of thiocarbonyl (C=S) groups is 1. The van der Waals surface area contributed by atoms with Crippen LogP contribution in [0.2, 0.25) is 0 Å². The smallest absolute Gasteiger partial charge is 0.410 e. The van der Waals surface area contributed by atoms with E-state index in [0.29, 0.717) is 23.9 Å². The zero-order valence-electron chi connectivity index (χ0n) is 14.7. The molecule has 0 aliphatic carbocycles. The average Bonchev–Trinajstić information content (AvgIpc) is 3.15. The molecule has 1 fully saturated rings. The molecule has 0 atom stereocenters. The molecule has 0 saturated carbocycles. The van der Waals surface area contributed by atoms with Crippen molar-refractivity contribution in [3.8, 4) is 12.3 Å². The summed E-state index contributed by atoms with van der Waals surface area (Å²) in [6.07, 6.45) is 6.24. The van der Waals surface area contributed by atoms with Gasteiger partial charge >= 0.3 is 6.09 Å². The number of thiazole rings is 1. The minimum atomic E-state index is -0.385. The lowest BCUT2D eigenvalue weighted by Crippen LogP contribution is -2.47. The van der Waals surface area contributed by atoms with Crippen molar-refractivity contribution >= 4 is 40.7 Å². The van der Waals surface area contributed by atoms with Crippen LogP contribution in [0.3, 0.4) is 0 Å². The minimum Gasteiger partial charge on any atom is -0.436 e. The fraction of sp³-hybridized carbons (Fsp3) is 0.500. The lowest BCUT2D eigenvalue weighted by atomic mass is 9.98. The third kappa shape index (κ3) is 5.06. The lowest BCUT2D eigenvalue weighted by Gasteiger charge is -2.30. The summed E-state index contributed by atoms with van der Waals surface area (Å²) < 4.78 is 4.94. The van der Waals surface area contributed by atoms with Gasteiger partial charge in [0.15, 0.2) is 11.7 Å². The summed E-state index contributed by atoms with van der Waals surface area (Å²) >= 11 is 6.49. The van der Waals surface area contributed by atoms with Crippen molar-refractivity contribution in [3.63, 3.8) is 0 Å². The van der Waals surface area contributed by atoms with Crippen molar-refractivity contribution in [1.29, 1.82) is 0 Å². The van der Waals surface area contributed by atoms with Crippen LogP contribution in [-0.4, -0.2) is 65.8 Å². The molecule has 0 spiro atoms. The van der Waals surface area contributed by atoms with Crippen molar-refractivity contribution in [1.82, 2.24) is 25.6 Å². The van der Waals surface area contributed by atoms with Crippen molar-refractivity contribution in [2.24, 2.45) is 0 Å². The maximum absolute atomic E-state index is 12.2. The Morgan fingerprint density at radius 1 is 1.54 bits per heavy atom. The van der Waals surface area contributed by atoms with Crippen molar-refractivity contribution in [2.45, 2.75) is 18.8 Å². The monoisotopic (exact) mass is 395 g/mol. The van der Waals surface area contributed by atoms with Gasteiger partial charge in [0.25, 0.3) is 5.91 Å². The van der Waals surface area contributed by atoms with Crippen LogP contribution in [0.25, 0.3) is 0 Å². The molecule has 0 aromatic carbocycles. The molecule has 2 heterocycles. The quantitative estimate of drug-likeness (QED) is 0.451. The Hall–Kier alpha value is -2.38. The van der Waals surface area contributed by atoms with E-state index in [1.807, 2.05) is 0 Å². The van der Waals surface area contributed by atoms with Gasteiger partial charge in [-0.25, -0.2) is 9.78 Å². The first kappa shape index (κ1) is 19.9. The molecule has 140 valence electrons. The second-order valence-electron chi connectivity index (χ2n) is 5.65. The first-order chi connectivity index (χ1) is 12.5. The number of hydrogen-bond acceptors (Lipinski definition) is 6. The predicted octanol–water partition coefficient (Wildman–Crippen LogP) is 1.17. The van der Waals surface area contributed by atoms with Crippen LogP contribution in [0.1, 0.15) is 34.3 Å². The van der Waals surface area contributed by atoms with Gasteiger partial charge in [-0.05, 0) is 25.1 Å². The van der Waals surface area contributed by atoms with Crippen LogP contribution in [-0.2, 0) is 4.74 Å². The predicted molar refractivity (Wildman–Crippen MR) is 103 cm³/mol. The molecule has 8 nitrogen and oxygen atoms in total. The molecule has 0 bridgehead atoms. The number of hydrogen-bond donors (Lipinski definition) is 2. The van der Waals surface area contributed by atoms with Gasteiger partial charge in [-0.1, -0.05) is 5.92 Å². The molecule has 2 rings (SSSR count). The zero-order chi connectivity index (χ0) is 19.1. The molecule has 2 amide bonds. The Labute approximate surface area is 161 Å². The molecular weight excluding hydrogens is 374 g/mol. The van der Waals surface area contributed by atoms with Gasteiger partial charge in [0.05, 0.1) is 5.01 Å². The largest absolute Gasteiger partial charge is 0.436 e. The molecule has 1 aliphatic heterocycles. The summed E-state index contributed by atoms with van der Waals surface area (Å²) in [6.45, 7) is 1.14. The number of aromatic nitrogens is 1. The highest BCUT2D eigenvalue weighted by molar-refractivity contribution is 7.80. The Morgan fingerprint density at radius 2 is 2.23 bits per heavy atom. The zero-order valence-corrected chi connectivity index (χ0v) is 16.3. The Kier molecular flexibility index (Phi) is 7.17. The molecule has 26 heavy (non-hydrogen) atoms. The number of carbonyl (C=O) groups excluding carboxylic acids is 2. The van der Waals surface area contributed by atoms with Crippen LogP contribution in [0.4, 0.5) is 4.79 Å². The number of ether oxygens (including phenoxy) is 1. The van der Waals surface area contributed by atoms with E-state index >= 15 is 0 Å². The second-order valence-corrected chi connectivity index (χ2v) is 6.92. The fourth-order valence-corrected chi connectivity index (χ4v) is 3.53.